The number of rotatable bonds is 4. The third-order valence-electron chi connectivity index (χ3n) is 5.87. The van der Waals surface area contributed by atoms with Gasteiger partial charge in [-0.1, -0.05) is 35.5 Å². The molecule has 0 N–H and O–H groups in total. The molecule has 5 rings (SSSR count). The van der Waals surface area contributed by atoms with E-state index in [1.54, 1.807) is 0 Å². The summed E-state index contributed by atoms with van der Waals surface area (Å²) in [5.74, 6) is 1.57. The summed E-state index contributed by atoms with van der Waals surface area (Å²) in [5.41, 5.74) is 2.34. The van der Waals surface area contributed by atoms with Gasteiger partial charge in [0.05, 0.1) is 19.8 Å². The van der Waals surface area contributed by atoms with Crippen LogP contribution in [0.1, 0.15) is 11.7 Å². The SMILES string of the molecule is Cc1onc(-c2ccccc2)c1-c1nnc(CN2CCN(C(=O)N3CCOCC3)CC2)o1. The van der Waals surface area contributed by atoms with Gasteiger partial charge in [0.2, 0.25) is 5.89 Å². The van der Waals surface area contributed by atoms with Crippen LogP contribution in [0.4, 0.5) is 4.79 Å². The van der Waals surface area contributed by atoms with Gasteiger partial charge >= 0.3 is 6.03 Å². The maximum absolute atomic E-state index is 12.7. The molecule has 2 amide bonds. The van der Waals surface area contributed by atoms with E-state index in [2.05, 4.69) is 20.3 Å². The predicted molar refractivity (Wildman–Crippen MR) is 115 cm³/mol. The summed E-state index contributed by atoms with van der Waals surface area (Å²) in [6.07, 6.45) is 0. The first-order valence-electron chi connectivity index (χ1n) is 10.9. The van der Waals surface area contributed by atoms with Crippen LogP contribution in [0.25, 0.3) is 22.7 Å². The summed E-state index contributed by atoms with van der Waals surface area (Å²) >= 11 is 0. The maximum Gasteiger partial charge on any atom is 0.320 e. The lowest BCUT2D eigenvalue weighted by molar-refractivity contribution is 0.0368. The van der Waals surface area contributed by atoms with Crippen LogP contribution in [-0.2, 0) is 11.3 Å². The number of carbonyl (C=O) groups is 1. The Bertz CT molecular complexity index is 1050. The molecule has 0 radical (unpaired) electrons. The molecule has 2 aliphatic heterocycles. The maximum atomic E-state index is 12.7. The number of urea groups is 1. The normalized spacial score (nSPS) is 17.7. The Morgan fingerprint density at radius 2 is 1.69 bits per heavy atom. The molecule has 0 bridgehead atoms. The molecule has 1 aromatic carbocycles. The van der Waals surface area contributed by atoms with Crippen LogP contribution >= 0.6 is 0 Å². The Hall–Kier alpha value is -3.24. The van der Waals surface area contributed by atoms with Crippen molar-refractivity contribution >= 4 is 6.03 Å². The van der Waals surface area contributed by atoms with Crippen molar-refractivity contribution in [3.05, 3.63) is 42.0 Å². The largest absolute Gasteiger partial charge is 0.419 e. The van der Waals surface area contributed by atoms with Crippen molar-refractivity contribution in [2.45, 2.75) is 13.5 Å². The second kappa shape index (κ2) is 9.09. The molecular formula is C22H26N6O4. The third kappa shape index (κ3) is 4.23. The Labute approximate surface area is 185 Å². The number of amides is 2. The molecule has 10 heteroatoms. The first-order valence-corrected chi connectivity index (χ1v) is 10.9. The minimum atomic E-state index is 0.101. The van der Waals surface area contributed by atoms with Gasteiger partial charge in [-0.15, -0.1) is 10.2 Å². The lowest BCUT2D eigenvalue weighted by Gasteiger charge is -2.38. The number of nitrogens with zero attached hydrogens (tertiary/aromatic N) is 6. The highest BCUT2D eigenvalue weighted by atomic mass is 16.5. The number of morpholine rings is 1. The Morgan fingerprint density at radius 3 is 2.44 bits per heavy atom. The van der Waals surface area contributed by atoms with Crippen molar-refractivity contribution in [1.82, 2.24) is 30.1 Å². The minimum Gasteiger partial charge on any atom is -0.419 e. The molecule has 0 aliphatic carbocycles. The summed E-state index contributed by atoms with van der Waals surface area (Å²) in [6.45, 7) is 7.81. The van der Waals surface area contributed by atoms with E-state index in [0.717, 1.165) is 24.2 Å². The van der Waals surface area contributed by atoms with Crippen molar-refractivity contribution in [3.8, 4) is 22.7 Å². The Kier molecular flexibility index (Phi) is 5.87. The van der Waals surface area contributed by atoms with E-state index in [1.807, 2.05) is 47.1 Å². The van der Waals surface area contributed by atoms with Crippen LogP contribution in [0.5, 0.6) is 0 Å². The zero-order chi connectivity index (χ0) is 21.9. The second-order valence-corrected chi connectivity index (χ2v) is 7.97. The number of hydrogen-bond donors (Lipinski definition) is 0. The molecule has 168 valence electrons. The highest BCUT2D eigenvalue weighted by molar-refractivity contribution is 5.77. The van der Waals surface area contributed by atoms with E-state index in [0.29, 0.717) is 69.2 Å². The fourth-order valence-electron chi connectivity index (χ4n) is 4.08. The Balaban J connectivity index is 1.22. The number of carbonyl (C=O) groups excluding carboxylic acids is 1. The summed E-state index contributed by atoms with van der Waals surface area (Å²) in [5, 5.41) is 12.7. The number of aromatic nitrogens is 3. The van der Waals surface area contributed by atoms with Crippen LogP contribution in [0.15, 0.2) is 39.3 Å². The smallest absolute Gasteiger partial charge is 0.320 e. The van der Waals surface area contributed by atoms with Crippen LogP contribution in [0.2, 0.25) is 0 Å². The van der Waals surface area contributed by atoms with Gasteiger partial charge in [-0.05, 0) is 6.92 Å². The van der Waals surface area contributed by atoms with Gasteiger partial charge in [0, 0.05) is 44.8 Å². The van der Waals surface area contributed by atoms with Gasteiger partial charge in [-0.25, -0.2) is 4.79 Å². The lowest BCUT2D eigenvalue weighted by Crippen LogP contribution is -2.54. The standard InChI is InChI=1S/C22H26N6O4/c1-16-19(20(25-32-16)17-5-3-2-4-6-17)21-24-23-18(31-21)15-26-7-9-27(10-8-26)22(29)28-11-13-30-14-12-28/h2-6H,7-15H2,1H3. The topological polar surface area (TPSA) is 101 Å². The molecule has 10 nitrogen and oxygen atoms in total. The minimum absolute atomic E-state index is 0.101. The number of aryl methyl sites for hydroxylation is 1. The van der Waals surface area contributed by atoms with Crippen molar-refractivity contribution < 1.29 is 18.5 Å². The fraction of sp³-hybridized carbons (Fsp3) is 0.455. The van der Waals surface area contributed by atoms with Crippen molar-refractivity contribution in [1.29, 1.82) is 0 Å². The average molecular weight is 438 g/mol. The monoisotopic (exact) mass is 438 g/mol. The molecule has 0 atom stereocenters. The molecule has 32 heavy (non-hydrogen) atoms. The van der Waals surface area contributed by atoms with Gasteiger partial charge in [0.1, 0.15) is 17.0 Å². The van der Waals surface area contributed by atoms with Crippen molar-refractivity contribution in [2.75, 3.05) is 52.5 Å². The van der Waals surface area contributed by atoms with Crippen molar-refractivity contribution in [2.24, 2.45) is 0 Å². The summed E-state index contributed by atoms with van der Waals surface area (Å²) in [7, 11) is 0. The lowest BCUT2D eigenvalue weighted by atomic mass is 10.1. The molecule has 2 fully saturated rings. The van der Waals surface area contributed by atoms with E-state index in [1.165, 1.54) is 0 Å². The van der Waals surface area contributed by atoms with Crippen LogP contribution < -0.4 is 0 Å². The first kappa shape index (κ1) is 20.7. The molecule has 2 saturated heterocycles. The fourth-order valence-corrected chi connectivity index (χ4v) is 4.08. The van der Waals surface area contributed by atoms with Gasteiger partial charge in [0.15, 0.2) is 0 Å². The molecule has 2 aromatic heterocycles. The zero-order valence-corrected chi connectivity index (χ0v) is 18.1. The van der Waals surface area contributed by atoms with Crippen LogP contribution in [-0.4, -0.2) is 88.6 Å². The highest BCUT2D eigenvalue weighted by Crippen LogP contribution is 2.33. The number of piperazine rings is 1. The predicted octanol–water partition coefficient (Wildman–Crippen LogP) is 2.27. The van der Waals surface area contributed by atoms with Gasteiger partial charge in [0.25, 0.3) is 5.89 Å². The second-order valence-electron chi connectivity index (χ2n) is 7.97. The molecule has 2 aliphatic rings. The van der Waals surface area contributed by atoms with Crippen LogP contribution in [0.3, 0.4) is 0 Å². The molecule has 0 unspecified atom stereocenters. The van der Waals surface area contributed by atoms with Crippen LogP contribution in [0, 0.1) is 6.92 Å². The zero-order valence-electron chi connectivity index (χ0n) is 18.1. The van der Waals surface area contributed by atoms with E-state index in [-0.39, 0.29) is 6.03 Å². The number of hydrogen-bond acceptors (Lipinski definition) is 8. The van der Waals surface area contributed by atoms with Crippen molar-refractivity contribution in [3.63, 3.8) is 0 Å². The number of ether oxygens (including phenoxy) is 1. The average Bonchev–Trinajstić information content (AvgIpc) is 3.46. The Morgan fingerprint density at radius 1 is 0.969 bits per heavy atom. The molecule has 0 spiro atoms. The quantitative estimate of drug-likeness (QED) is 0.612. The molecule has 3 aromatic rings. The van der Waals surface area contributed by atoms with E-state index >= 15 is 0 Å². The molecular weight excluding hydrogens is 412 g/mol. The molecule has 4 heterocycles. The highest BCUT2D eigenvalue weighted by Gasteiger charge is 2.27. The van der Waals surface area contributed by atoms with Gasteiger partial charge in [-0.3, -0.25) is 4.90 Å². The molecule has 0 saturated carbocycles. The first-order chi connectivity index (χ1) is 15.7. The van der Waals surface area contributed by atoms with Gasteiger partial charge in [-0.2, -0.15) is 0 Å². The van der Waals surface area contributed by atoms with E-state index in [9.17, 15) is 4.79 Å². The summed E-state index contributed by atoms with van der Waals surface area (Å²) in [4.78, 5) is 18.7. The summed E-state index contributed by atoms with van der Waals surface area (Å²) in [6, 6.07) is 9.89. The number of benzene rings is 1. The third-order valence-corrected chi connectivity index (χ3v) is 5.87. The van der Waals surface area contributed by atoms with Gasteiger partial charge < -0.3 is 23.5 Å². The summed E-state index contributed by atoms with van der Waals surface area (Å²) < 4.78 is 16.7. The van der Waals surface area contributed by atoms with E-state index < -0.39 is 0 Å². The van der Waals surface area contributed by atoms with E-state index in [4.69, 9.17) is 13.7 Å².